The molecule has 0 aromatic heterocycles. The molecular formula is C22H29N3O5. The third-order valence-electron chi connectivity index (χ3n) is 5.71. The number of ether oxygens (including phenoxy) is 3. The zero-order chi connectivity index (χ0) is 21.3. The Morgan fingerprint density at radius 1 is 1.20 bits per heavy atom. The summed E-state index contributed by atoms with van der Waals surface area (Å²) >= 11 is 0. The molecule has 0 unspecified atom stereocenters. The molecule has 4 rings (SSSR count). The van der Waals surface area contributed by atoms with Gasteiger partial charge in [-0.15, -0.1) is 0 Å². The van der Waals surface area contributed by atoms with Crippen molar-refractivity contribution in [1.82, 2.24) is 15.5 Å². The number of likely N-dealkylation sites (tertiary alicyclic amines) is 1. The molecule has 1 fully saturated rings. The number of urea groups is 1. The quantitative estimate of drug-likeness (QED) is 0.719. The lowest BCUT2D eigenvalue weighted by Gasteiger charge is -2.37. The number of fused-ring (bicyclic) bond motifs is 1. The van der Waals surface area contributed by atoms with Crippen molar-refractivity contribution in [3.8, 4) is 11.5 Å². The number of piperidine rings is 1. The first kappa shape index (κ1) is 20.5. The van der Waals surface area contributed by atoms with Gasteiger partial charge in [0.1, 0.15) is 0 Å². The van der Waals surface area contributed by atoms with Gasteiger partial charge in [-0.25, -0.2) is 9.59 Å². The van der Waals surface area contributed by atoms with Crippen molar-refractivity contribution >= 4 is 12.0 Å². The lowest BCUT2D eigenvalue weighted by atomic mass is 9.91. The van der Waals surface area contributed by atoms with Crippen LogP contribution in [0.15, 0.2) is 29.5 Å². The summed E-state index contributed by atoms with van der Waals surface area (Å²) in [6.07, 6.45) is 1.19. The molecule has 1 aromatic rings. The number of esters is 1. The number of nitrogens with one attached hydrogen (secondary N) is 2. The fourth-order valence-corrected chi connectivity index (χ4v) is 4.68. The minimum atomic E-state index is -0.623. The SMILES string of the molecule is CCOC(=O)C1=C(CN2C[C@H](C)C[C@@H](C)C2)NC(=O)N[C@H]1c1ccc2c(c1)OCO2. The molecule has 3 aliphatic rings. The van der Waals surface area contributed by atoms with E-state index in [9.17, 15) is 9.59 Å². The third kappa shape index (κ3) is 4.23. The van der Waals surface area contributed by atoms with E-state index in [4.69, 9.17) is 14.2 Å². The maximum atomic E-state index is 13.0. The molecule has 0 bridgehead atoms. The molecule has 1 saturated heterocycles. The lowest BCUT2D eigenvalue weighted by Crippen LogP contribution is -2.50. The molecule has 0 saturated carbocycles. The second kappa shape index (κ2) is 8.55. The molecule has 0 spiro atoms. The first-order valence-corrected chi connectivity index (χ1v) is 10.5. The van der Waals surface area contributed by atoms with Crippen LogP contribution >= 0.6 is 0 Å². The van der Waals surface area contributed by atoms with Crippen molar-refractivity contribution in [2.24, 2.45) is 11.8 Å². The fourth-order valence-electron chi connectivity index (χ4n) is 4.68. The number of rotatable bonds is 5. The molecule has 0 aliphatic carbocycles. The average molecular weight is 415 g/mol. The number of carbonyl (C=O) groups is 2. The molecule has 3 atom stereocenters. The number of carbonyl (C=O) groups excluding carboxylic acids is 2. The van der Waals surface area contributed by atoms with E-state index in [-0.39, 0.29) is 19.4 Å². The smallest absolute Gasteiger partial charge is 0.338 e. The highest BCUT2D eigenvalue weighted by Crippen LogP contribution is 2.37. The van der Waals surface area contributed by atoms with E-state index in [0.29, 0.717) is 41.1 Å². The van der Waals surface area contributed by atoms with E-state index in [1.165, 1.54) is 6.42 Å². The number of benzene rings is 1. The topological polar surface area (TPSA) is 89.1 Å². The van der Waals surface area contributed by atoms with Gasteiger partial charge in [-0.1, -0.05) is 19.9 Å². The Labute approximate surface area is 176 Å². The third-order valence-corrected chi connectivity index (χ3v) is 5.71. The van der Waals surface area contributed by atoms with E-state index in [1.807, 2.05) is 6.07 Å². The summed E-state index contributed by atoms with van der Waals surface area (Å²) in [7, 11) is 0. The van der Waals surface area contributed by atoms with Crippen LogP contribution in [0.1, 0.15) is 38.8 Å². The monoisotopic (exact) mass is 415 g/mol. The average Bonchev–Trinajstić information content (AvgIpc) is 3.14. The van der Waals surface area contributed by atoms with Crippen LogP contribution in [0.3, 0.4) is 0 Å². The van der Waals surface area contributed by atoms with Crippen molar-refractivity contribution < 1.29 is 23.8 Å². The Balaban J connectivity index is 1.69. The highest BCUT2D eigenvalue weighted by atomic mass is 16.7. The Bertz CT molecular complexity index is 858. The minimum Gasteiger partial charge on any atom is -0.463 e. The summed E-state index contributed by atoms with van der Waals surface area (Å²) in [5, 5.41) is 5.74. The van der Waals surface area contributed by atoms with Gasteiger partial charge >= 0.3 is 12.0 Å². The maximum Gasteiger partial charge on any atom is 0.338 e. The van der Waals surface area contributed by atoms with Crippen molar-refractivity contribution in [2.75, 3.05) is 33.0 Å². The van der Waals surface area contributed by atoms with Crippen LogP contribution in [0.2, 0.25) is 0 Å². The van der Waals surface area contributed by atoms with Crippen LogP contribution < -0.4 is 20.1 Å². The minimum absolute atomic E-state index is 0.161. The highest BCUT2D eigenvalue weighted by Gasteiger charge is 2.35. The number of amides is 2. The molecule has 2 amide bonds. The maximum absolute atomic E-state index is 13.0. The zero-order valence-corrected chi connectivity index (χ0v) is 17.7. The fraction of sp³-hybridized carbons (Fsp3) is 0.545. The summed E-state index contributed by atoms with van der Waals surface area (Å²) in [5.74, 6) is 1.96. The van der Waals surface area contributed by atoms with Crippen molar-refractivity contribution in [2.45, 2.75) is 33.2 Å². The van der Waals surface area contributed by atoms with Gasteiger partial charge in [0.15, 0.2) is 11.5 Å². The summed E-state index contributed by atoms with van der Waals surface area (Å²) in [6.45, 7) is 9.03. The zero-order valence-electron chi connectivity index (χ0n) is 17.7. The second-order valence-electron chi connectivity index (χ2n) is 8.40. The van der Waals surface area contributed by atoms with Crippen molar-refractivity contribution in [3.63, 3.8) is 0 Å². The van der Waals surface area contributed by atoms with Gasteiger partial charge < -0.3 is 24.8 Å². The molecule has 0 radical (unpaired) electrons. The van der Waals surface area contributed by atoms with E-state index in [0.717, 1.165) is 18.7 Å². The van der Waals surface area contributed by atoms with E-state index in [2.05, 4.69) is 29.4 Å². The van der Waals surface area contributed by atoms with Crippen LogP contribution in [0, 0.1) is 11.8 Å². The number of hydrogen-bond acceptors (Lipinski definition) is 6. The van der Waals surface area contributed by atoms with Gasteiger partial charge in [0.05, 0.1) is 18.2 Å². The molecule has 1 aromatic carbocycles. The van der Waals surface area contributed by atoms with Crippen LogP contribution in [-0.4, -0.2) is 49.9 Å². The van der Waals surface area contributed by atoms with Gasteiger partial charge in [0.25, 0.3) is 0 Å². The predicted octanol–water partition coefficient (Wildman–Crippen LogP) is 2.56. The molecular weight excluding hydrogens is 386 g/mol. The van der Waals surface area contributed by atoms with Gasteiger partial charge in [-0.05, 0) is 42.9 Å². The Morgan fingerprint density at radius 3 is 2.67 bits per heavy atom. The molecule has 8 heteroatoms. The first-order chi connectivity index (χ1) is 14.4. The van der Waals surface area contributed by atoms with E-state index >= 15 is 0 Å². The molecule has 2 N–H and O–H groups in total. The van der Waals surface area contributed by atoms with Gasteiger partial charge in [0, 0.05) is 25.3 Å². The number of hydrogen-bond donors (Lipinski definition) is 2. The lowest BCUT2D eigenvalue weighted by molar-refractivity contribution is -0.139. The highest BCUT2D eigenvalue weighted by molar-refractivity contribution is 5.95. The van der Waals surface area contributed by atoms with Crippen LogP contribution in [0.25, 0.3) is 0 Å². The van der Waals surface area contributed by atoms with Gasteiger partial charge in [-0.2, -0.15) is 0 Å². The van der Waals surface area contributed by atoms with Gasteiger partial charge in [0.2, 0.25) is 6.79 Å². The Morgan fingerprint density at radius 2 is 1.93 bits per heavy atom. The Kier molecular flexibility index (Phi) is 5.85. The summed E-state index contributed by atoms with van der Waals surface area (Å²) in [6, 6.07) is 4.48. The molecule has 8 nitrogen and oxygen atoms in total. The van der Waals surface area contributed by atoms with E-state index < -0.39 is 12.0 Å². The summed E-state index contributed by atoms with van der Waals surface area (Å²) in [5.41, 5.74) is 1.78. The van der Waals surface area contributed by atoms with Crippen LogP contribution in [0.4, 0.5) is 4.79 Å². The molecule has 30 heavy (non-hydrogen) atoms. The normalized spacial score (nSPS) is 26.2. The largest absolute Gasteiger partial charge is 0.463 e. The van der Waals surface area contributed by atoms with Crippen molar-refractivity contribution in [3.05, 3.63) is 35.0 Å². The second-order valence-corrected chi connectivity index (χ2v) is 8.40. The summed E-state index contributed by atoms with van der Waals surface area (Å²) in [4.78, 5) is 27.8. The van der Waals surface area contributed by atoms with Crippen LogP contribution in [0.5, 0.6) is 11.5 Å². The molecule has 3 heterocycles. The molecule has 162 valence electrons. The van der Waals surface area contributed by atoms with E-state index in [1.54, 1.807) is 19.1 Å². The predicted molar refractivity (Wildman–Crippen MR) is 110 cm³/mol. The standard InChI is InChI=1S/C22H29N3O5/c1-4-28-21(26)19-16(11-25-9-13(2)7-14(3)10-25)23-22(27)24-20(19)15-5-6-17-18(8-15)30-12-29-17/h5-6,8,13-14,20H,4,7,9-12H2,1-3H3,(H2,23,24,27)/t13-,14-,20+/m1/s1. The number of nitrogens with zero attached hydrogens (tertiary/aromatic N) is 1. The summed E-state index contributed by atoms with van der Waals surface area (Å²) < 4.78 is 16.2. The van der Waals surface area contributed by atoms with Gasteiger partial charge in [-0.3, -0.25) is 4.90 Å². The van der Waals surface area contributed by atoms with Crippen LogP contribution in [-0.2, 0) is 9.53 Å². The molecule has 3 aliphatic heterocycles. The van der Waals surface area contributed by atoms with Crippen molar-refractivity contribution in [1.29, 1.82) is 0 Å². The Hall–Kier alpha value is -2.74. The first-order valence-electron chi connectivity index (χ1n) is 10.5.